The quantitative estimate of drug-likeness (QED) is 0.609. The molecule has 0 amide bonds. The molecule has 0 aliphatic carbocycles. The third-order valence-corrected chi connectivity index (χ3v) is 2.91. The number of ether oxygens (including phenoxy) is 3. The highest BCUT2D eigenvalue weighted by Crippen LogP contribution is 2.20. The molecule has 1 atom stereocenters. The Balaban J connectivity index is 1.56. The van der Waals surface area contributed by atoms with Crippen LogP contribution in [0.5, 0.6) is 5.75 Å². The minimum Gasteiger partial charge on any atom is -0.482 e. The Labute approximate surface area is 110 Å². The van der Waals surface area contributed by atoms with Gasteiger partial charge in [-0.25, -0.2) is 4.79 Å². The fraction of sp³-hybridized carbons (Fsp3) is 0.267. The Morgan fingerprint density at radius 1 is 1.21 bits per heavy atom. The maximum atomic E-state index is 11.4. The van der Waals surface area contributed by atoms with E-state index in [0.29, 0.717) is 19.0 Å². The van der Waals surface area contributed by atoms with E-state index in [1.54, 1.807) is 0 Å². The van der Waals surface area contributed by atoms with Gasteiger partial charge in [-0.05, 0) is 22.9 Å². The molecule has 0 aromatic heterocycles. The molecule has 98 valence electrons. The highest BCUT2D eigenvalue weighted by atomic mass is 16.6. The second-order valence-corrected chi connectivity index (χ2v) is 4.44. The van der Waals surface area contributed by atoms with Gasteiger partial charge in [0.1, 0.15) is 18.5 Å². The van der Waals surface area contributed by atoms with Crippen LogP contribution < -0.4 is 4.74 Å². The Kier molecular flexibility index (Phi) is 3.33. The Bertz CT molecular complexity index is 589. The van der Waals surface area contributed by atoms with Gasteiger partial charge in [-0.2, -0.15) is 0 Å². The Morgan fingerprint density at radius 3 is 2.79 bits per heavy atom. The topological polar surface area (TPSA) is 48.1 Å². The summed E-state index contributed by atoms with van der Waals surface area (Å²) < 4.78 is 15.4. The highest BCUT2D eigenvalue weighted by molar-refractivity contribution is 5.83. The number of carbonyl (C=O) groups is 1. The predicted molar refractivity (Wildman–Crippen MR) is 70.1 cm³/mol. The summed E-state index contributed by atoms with van der Waals surface area (Å²) in [7, 11) is 0. The smallest absolute Gasteiger partial charge is 0.344 e. The van der Waals surface area contributed by atoms with Crippen molar-refractivity contribution in [1.29, 1.82) is 0 Å². The van der Waals surface area contributed by atoms with Crippen molar-refractivity contribution >= 4 is 16.7 Å². The molecule has 0 spiro atoms. The Hall–Kier alpha value is -2.07. The van der Waals surface area contributed by atoms with Gasteiger partial charge < -0.3 is 14.2 Å². The van der Waals surface area contributed by atoms with E-state index in [2.05, 4.69) is 0 Å². The molecular weight excluding hydrogens is 244 g/mol. The SMILES string of the molecule is O=C(COc1ccc2ccccc2c1)OCC1CO1. The van der Waals surface area contributed by atoms with Crippen LogP contribution >= 0.6 is 0 Å². The van der Waals surface area contributed by atoms with Crippen molar-refractivity contribution in [2.75, 3.05) is 19.8 Å². The number of epoxide rings is 1. The number of hydrogen-bond acceptors (Lipinski definition) is 4. The van der Waals surface area contributed by atoms with Gasteiger partial charge in [-0.3, -0.25) is 0 Å². The van der Waals surface area contributed by atoms with Gasteiger partial charge in [-0.15, -0.1) is 0 Å². The molecule has 1 aliphatic rings. The minimum atomic E-state index is -0.372. The zero-order valence-electron chi connectivity index (χ0n) is 10.4. The van der Waals surface area contributed by atoms with Crippen LogP contribution in [0.3, 0.4) is 0 Å². The summed E-state index contributed by atoms with van der Waals surface area (Å²) in [5.74, 6) is 0.294. The van der Waals surface area contributed by atoms with Gasteiger partial charge in [0.15, 0.2) is 6.61 Å². The summed E-state index contributed by atoms with van der Waals surface area (Å²) in [4.78, 5) is 11.4. The van der Waals surface area contributed by atoms with Crippen LogP contribution in [-0.4, -0.2) is 31.9 Å². The van der Waals surface area contributed by atoms with Crippen molar-refractivity contribution in [3.8, 4) is 5.75 Å². The van der Waals surface area contributed by atoms with Gasteiger partial charge in [0.05, 0.1) is 6.61 Å². The van der Waals surface area contributed by atoms with Crippen LogP contribution in [0.4, 0.5) is 0 Å². The lowest BCUT2D eigenvalue weighted by Gasteiger charge is -2.07. The van der Waals surface area contributed by atoms with Crippen molar-refractivity contribution < 1.29 is 19.0 Å². The molecule has 1 fully saturated rings. The number of benzene rings is 2. The number of fused-ring (bicyclic) bond motifs is 1. The summed E-state index contributed by atoms with van der Waals surface area (Å²) in [6.07, 6.45) is 0.0876. The van der Waals surface area contributed by atoms with Gasteiger partial charge >= 0.3 is 5.97 Å². The van der Waals surface area contributed by atoms with E-state index in [1.165, 1.54) is 0 Å². The van der Waals surface area contributed by atoms with Crippen LogP contribution in [0.1, 0.15) is 0 Å². The lowest BCUT2D eigenvalue weighted by Crippen LogP contribution is -2.17. The second kappa shape index (κ2) is 5.28. The zero-order chi connectivity index (χ0) is 13.1. The second-order valence-electron chi connectivity index (χ2n) is 4.44. The molecule has 1 unspecified atom stereocenters. The number of hydrogen-bond donors (Lipinski definition) is 0. The molecule has 0 N–H and O–H groups in total. The Morgan fingerprint density at radius 2 is 2.00 bits per heavy atom. The summed E-state index contributed by atoms with van der Waals surface area (Å²) in [6, 6.07) is 13.7. The van der Waals surface area contributed by atoms with Gasteiger partial charge in [0.25, 0.3) is 0 Å². The van der Waals surface area contributed by atoms with Crippen LogP contribution in [-0.2, 0) is 14.3 Å². The maximum Gasteiger partial charge on any atom is 0.344 e. The van der Waals surface area contributed by atoms with Gasteiger partial charge in [-0.1, -0.05) is 30.3 Å². The third kappa shape index (κ3) is 3.23. The van der Waals surface area contributed by atoms with E-state index in [9.17, 15) is 4.79 Å². The molecule has 0 radical (unpaired) electrons. The molecule has 0 bridgehead atoms. The predicted octanol–water partition coefficient (Wildman–Crippen LogP) is 2.16. The number of rotatable bonds is 5. The average Bonchev–Trinajstić information content (AvgIpc) is 3.27. The minimum absolute atomic E-state index is 0.0783. The summed E-state index contributed by atoms with van der Waals surface area (Å²) in [5, 5.41) is 2.23. The van der Waals surface area contributed by atoms with Crippen molar-refractivity contribution in [2.45, 2.75) is 6.10 Å². The van der Waals surface area contributed by atoms with Crippen molar-refractivity contribution in [1.82, 2.24) is 0 Å². The van der Waals surface area contributed by atoms with E-state index < -0.39 is 0 Å². The van der Waals surface area contributed by atoms with Crippen LogP contribution in [0.15, 0.2) is 42.5 Å². The van der Waals surface area contributed by atoms with Crippen LogP contribution in [0.2, 0.25) is 0 Å². The monoisotopic (exact) mass is 258 g/mol. The average molecular weight is 258 g/mol. The molecule has 19 heavy (non-hydrogen) atoms. The molecule has 1 aliphatic heterocycles. The maximum absolute atomic E-state index is 11.4. The fourth-order valence-corrected chi connectivity index (χ4v) is 1.79. The van der Waals surface area contributed by atoms with Gasteiger partial charge in [0.2, 0.25) is 0 Å². The van der Waals surface area contributed by atoms with E-state index in [1.807, 2.05) is 42.5 Å². The summed E-state index contributed by atoms with van der Waals surface area (Å²) in [6.45, 7) is 0.920. The van der Waals surface area contributed by atoms with Crippen molar-refractivity contribution in [3.63, 3.8) is 0 Å². The standard InChI is InChI=1S/C15H14O4/c16-15(19-9-14-8-17-14)10-18-13-6-5-11-3-1-2-4-12(11)7-13/h1-7,14H,8-10H2. The van der Waals surface area contributed by atoms with Crippen molar-refractivity contribution in [2.24, 2.45) is 0 Å². The van der Waals surface area contributed by atoms with Crippen LogP contribution in [0, 0.1) is 0 Å². The number of esters is 1. The molecular formula is C15H14O4. The summed E-state index contributed by atoms with van der Waals surface area (Å²) in [5.41, 5.74) is 0. The van der Waals surface area contributed by atoms with E-state index >= 15 is 0 Å². The molecule has 1 heterocycles. The van der Waals surface area contributed by atoms with Crippen LogP contribution in [0.25, 0.3) is 10.8 Å². The largest absolute Gasteiger partial charge is 0.482 e. The first-order chi connectivity index (χ1) is 9.31. The number of carbonyl (C=O) groups excluding carboxylic acids is 1. The first-order valence-corrected chi connectivity index (χ1v) is 6.20. The van der Waals surface area contributed by atoms with Gasteiger partial charge in [0, 0.05) is 0 Å². The molecule has 4 nitrogen and oxygen atoms in total. The normalized spacial score (nSPS) is 17.2. The molecule has 2 aromatic rings. The molecule has 3 rings (SSSR count). The molecule has 0 saturated carbocycles. The lowest BCUT2D eigenvalue weighted by atomic mass is 10.1. The highest BCUT2D eigenvalue weighted by Gasteiger charge is 2.24. The zero-order valence-corrected chi connectivity index (χ0v) is 10.4. The van der Waals surface area contributed by atoms with E-state index in [0.717, 1.165) is 10.8 Å². The lowest BCUT2D eigenvalue weighted by molar-refractivity contribution is -0.146. The molecule has 2 aromatic carbocycles. The molecule has 4 heteroatoms. The van der Waals surface area contributed by atoms with Crippen molar-refractivity contribution in [3.05, 3.63) is 42.5 Å². The van der Waals surface area contributed by atoms with E-state index in [-0.39, 0.29) is 18.7 Å². The first kappa shape index (κ1) is 12.0. The first-order valence-electron chi connectivity index (χ1n) is 6.20. The van der Waals surface area contributed by atoms with E-state index in [4.69, 9.17) is 14.2 Å². The molecule has 1 saturated heterocycles. The third-order valence-electron chi connectivity index (χ3n) is 2.91. The fourth-order valence-electron chi connectivity index (χ4n) is 1.79. The summed E-state index contributed by atoms with van der Waals surface area (Å²) >= 11 is 0.